The second-order valence-corrected chi connectivity index (χ2v) is 5.44. The van der Waals surface area contributed by atoms with Crippen molar-refractivity contribution in [1.29, 1.82) is 0 Å². The maximum atomic E-state index is 10.9. The molecule has 112 valence electrons. The summed E-state index contributed by atoms with van der Waals surface area (Å²) in [5.41, 5.74) is 5.46. The van der Waals surface area contributed by atoms with Gasteiger partial charge in [0.25, 0.3) is 0 Å². The van der Waals surface area contributed by atoms with Crippen LogP contribution in [0.15, 0.2) is 0 Å². The van der Waals surface area contributed by atoms with E-state index >= 15 is 0 Å². The van der Waals surface area contributed by atoms with E-state index in [0.717, 1.165) is 6.42 Å². The Morgan fingerprint density at radius 3 is 2.47 bits per heavy atom. The number of ether oxygens (including phenoxy) is 3. The van der Waals surface area contributed by atoms with E-state index in [2.05, 4.69) is 20.8 Å². The highest BCUT2D eigenvalue weighted by Crippen LogP contribution is 2.35. The van der Waals surface area contributed by atoms with Crippen LogP contribution < -0.4 is 5.73 Å². The molecule has 0 amide bonds. The highest BCUT2D eigenvalue weighted by atomic mass is 16.7. The molecule has 1 heterocycles. The summed E-state index contributed by atoms with van der Waals surface area (Å²) >= 11 is 0. The quantitative estimate of drug-likeness (QED) is 0.587. The number of esters is 1. The van der Waals surface area contributed by atoms with Gasteiger partial charge in [-0.3, -0.25) is 4.79 Å². The first-order valence-electron chi connectivity index (χ1n) is 7.07. The van der Waals surface area contributed by atoms with Crippen molar-refractivity contribution in [2.75, 3.05) is 19.8 Å². The molecule has 1 saturated heterocycles. The van der Waals surface area contributed by atoms with Gasteiger partial charge in [-0.05, 0) is 24.8 Å². The minimum atomic E-state index is -0.275. The molecule has 1 aliphatic heterocycles. The summed E-state index contributed by atoms with van der Waals surface area (Å²) in [4.78, 5) is 10.9. The van der Waals surface area contributed by atoms with E-state index in [1.165, 1.54) is 6.92 Å². The largest absolute Gasteiger partial charge is 0.463 e. The molecule has 19 heavy (non-hydrogen) atoms. The Hall–Kier alpha value is -0.650. The van der Waals surface area contributed by atoms with E-state index in [1.807, 2.05) is 0 Å². The fourth-order valence-corrected chi connectivity index (χ4v) is 2.35. The van der Waals surface area contributed by atoms with Crippen molar-refractivity contribution in [3.63, 3.8) is 0 Å². The molecular formula is C14H27NO4. The molecule has 5 atom stereocenters. The van der Waals surface area contributed by atoms with Gasteiger partial charge in [0.15, 0.2) is 6.29 Å². The van der Waals surface area contributed by atoms with Gasteiger partial charge in [-0.15, -0.1) is 0 Å². The van der Waals surface area contributed by atoms with Crippen molar-refractivity contribution in [2.24, 2.45) is 23.5 Å². The summed E-state index contributed by atoms with van der Waals surface area (Å²) in [5, 5.41) is 0. The number of carbonyl (C=O) groups is 1. The standard InChI is InChI=1S/C14H27NO4/c1-9-10(2)13(8-18-12(4)16)19-14(11(9)3)17-7-5-6-15/h9-11,13-14H,5-8,15H2,1-4H3/t9-,10+,11?,13?,14+/m0/s1. The van der Waals surface area contributed by atoms with E-state index in [9.17, 15) is 4.79 Å². The first-order chi connectivity index (χ1) is 8.97. The third-order valence-electron chi connectivity index (χ3n) is 4.06. The SMILES string of the molecule is CC(=O)OCC1O[C@@H](OCCCN)C(C)[C@@H](C)[C@H]1C. The predicted octanol–water partition coefficient (Wildman–Crippen LogP) is 1.55. The molecule has 1 rings (SSSR count). The van der Waals surface area contributed by atoms with Crippen LogP contribution in [0.3, 0.4) is 0 Å². The van der Waals surface area contributed by atoms with E-state index in [-0.39, 0.29) is 18.4 Å². The van der Waals surface area contributed by atoms with Crippen LogP contribution in [0.5, 0.6) is 0 Å². The van der Waals surface area contributed by atoms with E-state index < -0.39 is 0 Å². The zero-order valence-corrected chi connectivity index (χ0v) is 12.4. The van der Waals surface area contributed by atoms with Crippen molar-refractivity contribution in [3.05, 3.63) is 0 Å². The first-order valence-corrected chi connectivity index (χ1v) is 7.07. The minimum Gasteiger partial charge on any atom is -0.463 e. The highest BCUT2D eigenvalue weighted by molar-refractivity contribution is 5.65. The van der Waals surface area contributed by atoms with Crippen molar-refractivity contribution in [2.45, 2.75) is 46.5 Å². The molecule has 0 spiro atoms. The van der Waals surface area contributed by atoms with Crippen molar-refractivity contribution < 1.29 is 19.0 Å². The molecular weight excluding hydrogens is 246 g/mol. The Morgan fingerprint density at radius 1 is 1.21 bits per heavy atom. The van der Waals surface area contributed by atoms with Crippen molar-refractivity contribution in [3.8, 4) is 0 Å². The second-order valence-electron chi connectivity index (χ2n) is 5.44. The number of nitrogens with two attached hydrogens (primary N) is 1. The van der Waals surface area contributed by atoms with Crippen molar-refractivity contribution >= 4 is 5.97 Å². The van der Waals surface area contributed by atoms with Crippen LogP contribution in [0, 0.1) is 17.8 Å². The maximum Gasteiger partial charge on any atom is 0.302 e. The average Bonchev–Trinajstić information content (AvgIpc) is 2.37. The van der Waals surface area contributed by atoms with Gasteiger partial charge in [0, 0.05) is 12.8 Å². The molecule has 5 nitrogen and oxygen atoms in total. The van der Waals surface area contributed by atoms with E-state index in [0.29, 0.717) is 37.5 Å². The Kier molecular flexibility index (Phi) is 6.75. The molecule has 2 unspecified atom stereocenters. The Morgan fingerprint density at radius 2 is 1.89 bits per heavy atom. The zero-order valence-electron chi connectivity index (χ0n) is 12.4. The zero-order chi connectivity index (χ0) is 14.4. The Bertz CT molecular complexity index is 285. The van der Waals surface area contributed by atoms with Crippen LogP contribution in [0.4, 0.5) is 0 Å². The lowest BCUT2D eigenvalue weighted by atomic mass is 9.79. The number of rotatable bonds is 6. The summed E-state index contributed by atoms with van der Waals surface area (Å²) < 4.78 is 16.8. The molecule has 0 aromatic rings. The van der Waals surface area contributed by atoms with Gasteiger partial charge in [-0.2, -0.15) is 0 Å². The van der Waals surface area contributed by atoms with Crippen LogP contribution >= 0.6 is 0 Å². The van der Waals surface area contributed by atoms with Gasteiger partial charge in [0.1, 0.15) is 6.61 Å². The van der Waals surface area contributed by atoms with Crippen LogP contribution in [0.2, 0.25) is 0 Å². The summed E-state index contributed by atoms with van der Waals surface area (Å²) in [6.07, 6.45) is 0.488. The summed E-state index contributed by atoms with van der Waals surface area (Å²) in [5.74, 6) is 0.838. The van der Waals surface area contributed by atoms with E-state index in [4.69, 9.17) is 19.9 Å². The van der Waals surface area contributed by atoms with Gasteiger partial charge >= 0.3 is 5.97 Å². The maximum absolute atomic E-state index is 10.9. The van der Waals surface area contributed by atoms with Crippen LogP contribution in [0.1, 0.15) is 34.1 Å². The summed E-state index contributed by atoms with van der Waals surface area (Å²) in [6, 6.07) is 0. The second kappa shape index (κ2) is 7.82. The molecule has 1 fully saturated rings. The fourth-order valence-electron chi connectivity index (χ4n) is 2.35. The third kappa shape index (κ3) is 4.75. The normalized spacial score (nSPS) is 35.1. The van der Waals surface area contributed by atoms with Gasteiger partial charge in [0.05, 0.1) is 12.7 Å². The molecule has 0 aliphatic carbocycles. The molecule has 0 saturated carbocycles. The number of hydrogen-bond donors (Lipinski definition) is 1. The van der Waals surface area contributed by atoms with Crippen LogP contribution in [-0.4, -0.2) is 38.1 Å². The molecule has 5 heteroatoms. The third-order valence-corrected chi connectivity index (χ3v) is 4.06. The topological polar surface area (TPSA) is 70.8 Å². The Labute approximate surface area is 115 Å². The molecule has 2 N–H and O–H groups in total. The molecule has 0 radical (unpaired) electrons. The monoisotopic (exact) mass is 273 g/mol. The van der Waals surface area contributed by atoms with Gasteiger partial charge in [-0.1, -0.05) is 20.8 Å². The van der Waals surface area contributed by atoms with Gasteiger partial charge in [0.2, 0.25) is 0 Å². The Balaban J connectivity index is 2.54. The van der Waals surface area contributed by atoms with Gasteiger partial charge in [-0.25, -0.2) is 0 Å². The van der Waals surface area contributed by atoms with E-state index in [1.54, 1.807) is 0 Å². The smallest absolute Gasteiger partial charge is 0.302 e. The lowest BCUT2D eigenvalue weighted by Gasteiger charge is -2.43. The minimum absolute atomic E-state index is 0.0991. The fraction of sp³-hybridized carbons (Fsp3) is 0.929. The van der Waals surface area contributed by atoms with Crippen LogP contribution in [-0.2, 0) is 19.0 Å². The van der Waals surface area contributed by atoms with Gasteiger partial charge < -0.3 is 19.9 Å². The number of carbonyl (C=O) groups excluding carboxylic acids is 1. The van der Waals surface area contributed by atoms with Crippen LogP contribution in [0.25, 0.3) is 0 Å². The highest BCUT2D eigenvalue weighted by Gasteiger charge is 2.39. The lowest BCUT2D eigenvalue weighted by molar-refractivity contribution is -0.255. The molecule has 0 bridgehead atoms. The number of hydrogen-bond acceptors (Lipinski definition) is 5. The molecule has 0 aromatic heterocycles. The molecule has 0 aromatic carbocycles. The summed E-state index contributed by atoms with van der Waals surface area (Å²) in [6.45, 7) is 9.38. The average molecular weight is 273 g/mol. The summed E-state index contributed by atoms with van der Waals surface area (Å²) in [7, 11) is 0. The predicted molar refractivity (Wildman–Crippen MR) is 72.4 cm³/mol. The first kappa shape index (κ1) is 16.4. The molecule has 1 aliphatic rings. The lowest BCUT2D eigenvalue weighted by Crippen LogP contribution is -2.48. The van der Waals surface area contributed by atoms with Crippen molar-refractivity contribution in [1.82, 2.24) is 0 Å².